The first-order valence-corrected chi connectivity index (χ1v) is 16.5. The summed E-state index contributed by atoms with van der Waals surface area (Å²) >= 11 is 0. The Kier molecular flexibility index (Phi) is 8.37. The van der Waals surface area contributed by atoms with Gasteiger partial charge in [0.2, 0.25) is 0 Å². The van der Waals surface area contributed by atoms with Gasteiger partial charge in [0.15, 0.2) is 5.69 Å². The summed E-state index contributed by atoms with van der Waals surface area (Å²) in [7, 11) is 3.40. The van der Waals surface area contributed by atoms with Gasteiger partial charge < -0.3 is 14.5 Å². The number of fused-ring (bicyclic) bond motifs is 1. The van der Waals surface area contributed by atoms with E-state index < -0.39 is 24.3 Å². The van der Waals surface area contributed by atoms with Crippen LogP contribution in [-0.4, -0.2) is 78.7 Å². The third-order valence-corrected chi connectivity index (χ3v) is 9.72. The van der Waals surface area contributed by atoms with Crippen molar-refractivity contribution in [2.75, 3.05) is 32.1 Å². The molecule has 1 saturated heterocycles. The third kappa shape index (κ3) is 6.13. The summed E-state index contributed by atoms with van der Waals surface area (Å²) in [6.07, 6.45) is 5.90. The van der Waals surface area contributed by atoms with E-state index in [0.29, 0.717) is 17.2 Å². The van der Waals surface area contributed by atoms with Crippen molar-refractivity contribution in [2.45, 2.75) is 58.9 Å². The molecule has 4 heterocycles. The summed E-state index contributed by atoms with van der Waals surface area (Å²) in [6, 6.07) is 14.1. The van der Waals surface area contributed by atoms with E-state index in [2.05, 4.69) is 26.3 Å². The molecule has 0 radical (unpaired) electrons. The van der Waals surface area contributed by atoms with Gasteiger partial charge >= 0.3 is 6.01 Å². The Balaban J connectivity index is 1.06. The molecule has 7 rings (SSSR count). The molecule has 3 aromatic heterocycles. The number of carbonyl (C=O) groups excluding carboxylic acids is 1. The number of piperidine rings is 1. The molecule has 1 atom stereocenters. The Morgan fingerprint density at radius 2 is 1.92 bits per heavy atom. The average Bonchev–Trinajstić information content (AvgIpc) is 3.83. The van der Waals surface area contributed by atoms with Crippen molar-refractivity contribution in [3.8, 4) is 23.0 Å². The molecule has 5 aromatic rings. The molecule has 11 nitrogen and oxygen atoms in total. The number of hydrogen-bond donors (Lipinski definition) is 0. The Morgan fingerprint density at radius 1 is 1.08 bits per heavy atom. The minimum Gasteiger partial charge on any atom is -0.467 e. The topological polar surface area (TPSA) is 107 Å². The summed E-state index contributed by atoms with van der Waals surface area (Å²) in [5.74, 6) is -3.90. The standard InChI is InChI=1S/C36H39F2N9O2/c1-22-9-12-30(24(3)17-22)47-31-8-6-7-27(31)33(42-47)34(48)45-16-14-25(36(37,38)21-45)19-46-20-29(41-43-46)28-18-26(11-10-23(28)2)44(4)32-13-15-39-35(40-32)49-5/h9-13,15,17-18,20,25H,6-8,14,16,19,21H2,1-5H3. The van der Waals surface area contributed by atoms with E-state index in [9.17, 15) is 4.79 Å². The maximum atomic E-state index is 15.8. The van der Waals surface area contributed by atoms with Crippen LogP contribution in [-0.2, 0) is 19.4 Å². The van der Waals surface area contributed by atoms with Crippen molar-refractivity contribution in [2.24, 2.45) is 5.92 Å². The maximum Gasteiger partial charge on any atom is 0.318 e. The molecule has 1 fully saturated rings. The highest BCUT2D eigenvalue weighted by Crippen LogP contribution is 2.37. The monoisotopic (exact) mass is 667 g/mol. The van der Waals surface area contributed by atoms with Crippen LogP contribution in [0, 0.1) is 26.7 Å². The normalized spacial score (nSPS) is 16.9. The van der Waals surface area contributed by atoms with E-state index in [0.717, 1.165) is 64.1 Å². The quantitative estimate of drug-likeness (QED) is 0.201. The molecule has 1 aliphatic heterocycles. The highest BCUT2D eigenvalue weighted by molar-refractivity contribution is 5.94. The van der Waals surface area contributed by atoms with E-state index in [1.165, 1.54) is 16.7 Å². The first-order chi connectivity index (χ1) is 23.5. The number of nitrogens with zero attached hydrogens (tertiary/aromatic N) is 9. The number of methoxy groups -OCH3 is 1. The molecule has 0 saturated carbocycles. The van der Waals surface area contributed by atoms with Gasteiger partial charge in [-0.1, -0.05) is 29.0 Å². The lowest BCUT2D eigenvalue weighted by Gasteiger charge is -2.38. The van der Waals surface area contributed by atoms with E-state index in [4.69, 9.17) is 9.84 Å². The number of rotatable bonds is 8. The Labute approximate surface area is 283 Å². The van der Waals surface area contributed by atoms with Gasteiger partial charge in [0.1, 0.15) is 11.5 Å². The fourth-order valence-electron chi connectivity index (χ4n) is 6.97. The lowest BCUT2D eigenvalue weighted by molar-refractivity contribution is -0.108. The van der Waals surface area contributed by atoms with Crippen LogP contribution in [0.1, 0.15) is 51.3 Å². The number of ether oxygens (including phenoxy) is 1. The smallest absolute Gasteiger partial charge is 0.318 e. The van der Waals surface area contributed by atoms with Crippen LogP contribution in [0.5, 0.6) is 6.01 Å². The van der Waals surface area contributed by atoms with Gasteiger partial charge in [-0.3, -0.25) is 9.48 Å². The Bertz CT molecular complexity index is 2040. The van der Waals surface area contributed by atoms with Crippen molar-refractivity contribution in [1.82, 2.24) is 39.6 Å². The highest BCUT2D eigenvalue weighted by atomic mass is 19.3. The van der Waals surface area contributed by atoms with Crippen LogP contribution in [0.4, 0.5) is 20.3 Å². The summed E-state index contributed by atoms with van der Waals surface area (Å²) in [4.78, 5) is 25.4. The number of anilines is 2. The van der Waals surface area contributed by atoms with Crippen molar-refractivity contribution in [1.29, 1.82) is 0 Å². The van der Waals surface area contributed by atoms with Crippen molar-refractivity contribution < 1.29 is 18.3 Å². The number of aryl methyl sites for hydroxylation is 3. The number of amides is 1. The summed E-state index contributed by atoms with van der Waals surface area (Å²) in [5, 5.41) is 13.3. The van der Waals surface area contributed by atoms with Crippen molar-refractivity contribution in [3.63, 3.8) is 0 Å². The molecule has 254 valence electrons. The second kappa shape index (κ2) is 12.7. The molecule has 1 amide bonds. The van der Waals surface area contributed by atoms with Gasteiger partial charge in [-0.15, -0.1) is 5.10 Å². The number of halogens is 2. The zero-order valence-corrected chi connectivity index (χ0v) is 28.3. The molecule has 0 N–H and O–H groups in total. The number of hydrogen-bond acceptors (Lipinski definition) is 8. The predicted octanol–water partition coefficient (Wildman–Crippen LogP) is 5.91. The fraction of sp³-hybridized carbons (Fsp3) is 0.389. The first kappa shape index (κ1) is 32.4. The average molecular weight is 668 g/mol. The fourth-order valence-corrected chi connectivity index (χ4v) is 6.97. The zero-order valence-electron chi connectivity index (χ0n) is 28.3. The molecule has 13 heteroatoms. The van der Waals surface area contributed by atoms with Crippen LogP contribution in [0.15, 0.2) is 54.9 Å². The second-order valence-electron chi connectivity index (χ2n) is 13.1. The third-order valence-electron chi connectivity index (χ3n) is 9.72. The number of carbonyl (C=O) groups is 1. The summed E-state index contributed by atoms with van der Waals surface area (Å²) in [6.45, 7) is 5.56. The zero-order chi connectivity index (χ0) is 34.4. The van der Waals surface area contributed by atoms with Crippen molar-refractivity contribution in [3.05, 3.63) is 88.5 Å². The molecule has 49 heavy (non-hydrogen) atoms. The number of likely N-dealkylation sites (tertiary alicyclic amines) is 1. The summed E-state index contributed by atoms with van der Waals surface area (Å²) < 4.78 is 40.0. The van der Waals surface area contributed by atoms with Gasteiger partial charge in [0.25, 0.3) is 11.8 Å². The minimum atomic E-state index is -3.11. The van der Waals surface area contributed by atoms with E-state index in [-0.39, 0.29) is 25.5 Å². The Morgan fingerprint density at radius 3 is 2.69 bits per heavy atom. The van der Waals surface area contributed by atoms with Crippen LogP contribution in [0.3, 0.4) is 0 Å². The van der Waals surface area contributed by atoms with Gasteiger partial charge in [0.05, 0.1) is 32.1 Å². The van der Waals surface area contributed by atoms with E-state index in [1.54, 1.807) is 18.5 Å². The van der Waals surface area contributed by atoms with Gasteiger partial charge in [-0.25, -0.2) is 18.4 Å². The van der Waals surface area contributed by atoms with Gasteiger partial charge in [0, 0.05) is 48.2 Å². The Hall–Kier alpha value is -5.20. The largest absolute Gasteiger partial charge is 0.467 e. The van der Waals surface area contributed by atoms with E-state index in [1.807, 2.05) is 67.7 Å². The predicted molar refractivity (Wildman–Crippen MR) is 181 cm³/mol. The molecule has 1 aliphatic carbocycles. The molecule has 2 aliphatic rings. The SMILES string of the molecule is COc1nccc(N(C)c2ccc(C)c(-c3cn(CC4CCN(C(=O)c5nn(-c6ccc(C)cc6C)c6c5CCC6)CC4(F)F)nn3)c2)n1. The van der Waals surface area contributed by atoms with Crippen LogP contribution in [0.25, 0.3) is 16.9 Å². The second-order valence-corrected chi connectivity index (χ2v) is 13.1. The molecule has 0 spiro atoms. The van der Waals surface area contributed by atoms with Crippen LogP contribution >= 0.6 is 0 Å². The highest BCUT2D eigenvalue weighted by Gasteiger charge is 2.47. The van der Waals surface area contributed by atoms with Crippen LogP contribution < -0.4 is 9.64 Å². The summed E-state index contributed by atoms with van der Waals surface area (Å²) in [5.41, 5.74) is 8.52. The minimum absolute atomic E-state index is 0.0157. The number of aromatic nitrogens is 7. The molecular weight excluding hydrogens is 628 g/mol. The van der Waals surface area contributed by atoms with Crippen molar-refractivity contribution >= 4 is 17.4 Å². The maximum absolute atomic E-state index is 15.8. The van der Waals surface area contributed by atoms with Gasteiger partial charge in [-0.05, 0) is 81.8 Å². The molecule has 1 unspecified atom stereocenters. The van der Waals surface area contributed by atoms with Crippen LogP contribution in [0.2, 0.25) is 0 Å². The number of benzene rings is 2. The molecular formula is C36H39F2N9O2. The number of alkyl halides is 2. The lowest BCUT2D eigenvalue weighted by atomic mass is 9.92. The molecule has 2 aromatic carbocycles. The molecule has 0 bridgehead atoms. The first-order valence-electron chi connectivity index (χ1n) is 16.5. The lowest BCUT2D eigenvalue weighted by Crippen LogP contribution is -2.52. The van der Waals surface area contributed by atoms with Gasteiger partial charge in [-0.2, -0.15) is 10.1 Å². The van der Waals surface area contributed by atoms with E-state index >= 15 is 8.78 Å².